The highest BCUT2D eigenvalue weighted by Gasteiger charge is 2.32. The Morgan fingerprint density at radius 3 is 2.96 bits per heavy atom. The molecule has 1 N–H and O–H groups in total. The largest absolute Gasteiger partial charge is 0.336 e. The van der Waals surface area contributed by atoms with Crippen LogP contribution in [0, 0.1) is 12.8 Å². The molecule has 0 spiro atoms. The van der Waals surface area contributed by atoms with Gasteiger partial charge in [0.05, 0.1) is 10.7 Å². The van der Waals surface area contributed by atoms with Gasteiger partial charge in [-0.15, -0.1) is 11.3 Å². The molecule has 0 bridgehead atoms. The average molecular weight is 347 g/mol. The third-order valence-corrected chi connectivity index (χ3v) is 5.45. The maximum atomic E-state index is 13.2. The van der Waals surface area contributed by atoms with Crippen LogP contribution in [0.5, 0.6) is 0 Å². The lowest BCUT2D eigenvalue weighted by Crippen LogP contribution is -2.49. The summed E-state index contributed by atoms with van der Waals surface area (Å²) in [6.07, 6.45) is 4.62. The minimum absolute atomic E-state index is 0.0405. The summed E-state index contributed by atoms with van der Waals surface area (Å²) in [4.78, 5) is 24.9. The first-order valence-corrected chi connectivity index (χ1v) is 9.24. The van der Waals surface area contributed by atoms with Crippen LogP contribution in [-0.4, -0.2) is 45.0 Å². The number of carbonyl (C=O) groups is 1. The molecule has 0 aromatic carbocycles. The van der Waals surface area contributed by atoms with Gasteiger partial charge in [-0.25, -0.2) is 9.97 Å². The molecule has 3 rings (SSSR count). The Labute approximate surface area is 146 Å². The van der Waals surface area contributed by atoms with E-state index in [1.54, 1.807) is 17.5 Å². The number of thiazole rings is 1. The SMILES string of the molecule is Cc1nc(CC(C)C)sc1C(=O)N1CCNCC1c1nccn1C. The van der Waals surface area contributed by atoms with Gasteiger partial charge >= 0.3 is 0 Å². The number of piperazine rings is 1. The molecule has 1 saturated heterocycles. The van der Waals surface area contributed by atoms with Crippen molar-refractivity contribution in [1.82, 2.24) is 24.8 Å². The molecule has 1 aliphatic heterocycles. The first kappa shape index (κ1) is 17.1. The normalized spacial score (nSPS) is 18.4. The van der Waals surface area contributed by atoms with Crippen molar-refractivity contribution in [3.05, 3.63) is 33.8 Å². The highest BCUT2D eigenvalue weighted by atomic mass is 32.1. The zero-order chi connectivity index (χ0) is 17.3. The van der Waals surface area contributed by atoms with E-state index in [1.165, 1.54) is 0 Å². The molecule has 1 atom stereocenters. The van der Waals surface area contributed by atoms with Crippen LogP contribution in [0.15, 0.2) is 12.4 Å². The predicted molar refractivity (Wildman–Crippen MR) is 95.2 cm³/mol. The van der Waals surface area contributed by atoms with Gasteiger partial charge in [0.1, 0.15) is 16.7 Å². The van der Waals surface area contributed by atoms with E-state index in [4.69, 9.17) is 0 Å². The molecule has 0 saturated carbocycles. The number of aryl methyl sites for hydroxylation is 2. The van der Waals surface area contributed by atoms with E-state index in [-0.39, 0.29) is 11.9 Å². The monoisotopic (exact) mass is 347 g/mol. The van der Waals surface area contributed by atoms with Gasteiger partial charge in [0.25, 0.3) is 5.91 Å². The molecule has 1 amide bonds. The Hall–Kier alpha value is -1.73. The van der Waals surface area contributed by atoms with E-state index >= 15 is 0 Å². The van der Waals surface area contributed by atoms with Crippen molar-refractivity contribution in [2.45, 2.75) is 33.2 Å². The Morgan fingerprint density at radius 2 is 2.29 bits per heavy atom. The van der Waals surface area contributed by atoms with E-state index in [9.17, 15) is 4.79 Å². The summed E-state index contributed by atoms with van der Waals surface area (Å²) in [5.74, 6) is 1.53. The predicted octanol–water partition coefficient (Wildman–Crippen LogP) is 2.17. The quantitative estimate of drug-likeness (QED) is 0.921. The molecular weight excluding hydrogens is 322 g/mol. The summed E-state index contributed by atoms with van der Waals surface area (Å²) < 4.78 is 1.99. The smallest absolute Gasteiger partial charge is 0.266 e. The Kier molecular flexibility index (Phi) is 5.01. The zero-order valence-electron chi connectivity index (χ0n) is 14.7. The summed E-state index contributed by atoms with van der Waals surface area (Å²) in [5, 5.41) is 4.42. The van der Waals surface area contributed by atoms with Gasteiger partial charge in [-0.2, -0.15) is 0 Å². The second-order valence-corrected chi connectivity index (χ2v) is 7.82. The van der Waals surface area contributed by atoms with E-state index in [2.05, 4.69) is 29.1 Å². The maximum Gasteiger partial charge on any atom is 0.266 e. The molecule has 0 radical (unpaired) electrons. The molecule has 1 unspecified atom stereocenters. The van der Waals surface area contributed by atoms with Crippen LogP contribution in [0.4, 0.5) is 0 Å². The molecule has 0 aliphatic carbocycles. The van der Waals surface area contributed by atoms with Crippen LogP contribution in [0.25, 0.3) is 0 Å². The molecular formula is C17H25N5OS. The van der Waals surface area contributed by atoms with Gasteiger partial charge in [-0.1, -0.05) is 13.8 Å². The molecule has 130 valence electrons. The van der Waals surface area contributed by atoms with Crippen molar-refractivity contribution in [2.75, 3.05) is 19.6 Å². The molecule has 1 fully saturated rings. The van der Waals surface area contributed by atoms with Crippen molar-refractivity contribution in [1.29, 1.82) is 0 Å². The van der Waals surface area contributed by atoms with Gasteiger partial charge in [0.2, 0.25) is 0 Å². The van der Waals surface area contributed by atoms with Crippen molar-refractivity contribution < 1.29 is 4.79 Å². The second kappa shape index (κ2) is 7.03. The Morgan fingerprint density at radius 1 is 1.50 bits per heavy atom. The highest BCUT2D eigenvalue weighted by molar-refractivity contribution is 7.13. The van der Waals surface area contributed by atoms with E-state index < -0.39 is 0 Å². The van der Waals surface area contributed by atoms with Crippen LogP contribution in [0.3, 0.4) is 0 Å². The standard InChI is InChI=1S/C17H25N5OS/c1-11(2)9-14-20-12(3)15(24-14)17(23)22-8-5-18-10-13(22)16-19-6-7-21(16)4/h6-7,11,13,18H,5,8-10H2,1-4H3. The van der Waals surface area contributed by atoms with Gasteiger partial charge in [-0.3, -0.25) is 4.79 Å². The second-order valence-electron chi connectivity index (χ2n) is 6.73. The van der Waals surface area contributed by atoms with Crippen molar-refractivity contribution in [3.63, 3.8) is 0 Å². The zero-order valence-corrected chi connectivity index (χ0v) is 15.6. The highest BCUT2D eigenvalue weighted by Crippen LogP contribution is 2.27. The number of nitrogens with zero attached hydrogens (tertiary/aromatic N) is 4. The molecule has 6 nitrogen and oxygen atoms in total. The van der Waals surface area contributed by atoms with Gasteiger partial charge in [0.15, 0.2) is 0 Å². The molecule has 2 aromatic rings. The van der Waals surface area contributed by atoms with Crippen molar-refractivity contribution in [3.8, 4) is 0 Å². The molecule has 2 aromatic heterocycles. The number of hydrogen-bond acceptors (Lipinski definition) is 5. The van der Waals surface area contributed by atoms with E-state index in [0.29, 0.717) is 12.5 Å². The summed E-state index contributed by atoms with van der Waals surface area (Å²) in [7, 11) is 1.97. The van der Waals surface area contributed by atoms with Gasteiger partial charge < -0.3 is 14.8 Å². The minimum Gasteiger partial charge on any atom is -0.336 e. The van der Waals surface area contributed by atoms with Crippen molar-refractivity contribution >= 4 is 17.2 Å². The molecule has 3 heterocycles. The molecule has 1 aliphatic rings. The summed E-state index contributed by atoms with van der Waals surface area (Å²) in [5.41, 5.74) is 0.845. The lowest BCUT2D eigenvalue weighted by molar-refractivity contribution is 0.0625. The van der Waals surface area contributed by atoms with Crippen LogP contribution in [0.1, 0.15) is 46.1 Å². The summed E-state index contributed by atoms with van der Waals surface area (Å²) >= 11 is 1.54. The van der Waals surface area contributed by atoms with E-state index in [0.717, 1.165) is 40.9 Å². The third-order valence-electron chi connectivity index (χ3n) is 4.28. The van der Waals surface area contributed by atoms with Crippen LogP contribution >= 0.6 is 11.3 Å². The number of imidazole rings is 1. The fourth-order valence-corrected chi connectivity index (χ4v) is 4.33. The number of aromatic nitrogens is 3. The first-order valence-electron chi connectivity index (χ1n) is 8.42. The average Bonchev–Trinajstić information content (AvgIpc) is 3.11. The number of hydrogen-bond donors (Lipinski definition) is 1. The molecule has 7 heteroatoms. The van der Waals surface area contributed by atoms with Crippen LogP contribution < -0.4 is 5.32 Å². The van der Waals surface area contributed by atoms with Gasteiger partial charge in [0, 0.05) is 45.5 Å². The minimum atomic E-state index is -0.0405. The fraction of sp³-hybridized carbons (Fsp3) is 0.588. The number of rotatable bonds is 4. The summed E-state index contributed by atoms with van der Waals surface area (Å²) in [6, 6.07) is -0.0405. The third kappa shape index (κ3) is 3.37. The maximum absolute atomic E-state index is 13.2. The fourth-order valence-electron chi connectivity index (χ4n) is 3.09. The number of nitrogens with one attached hydrogen (secondary N) is 1. The lowest BCUT2D eigenvalue weighted by atomic mass is 10.1. The molecule has 24 heavy (non-hydrogen) atoms. The Balaban J connectivity index is 1.87. The summed E-state index contributed by atoms with van der Waals surface area (Å²) in [6.45, 7) is 8.51. The first-order chi connectivity index (χ1) is 11.5. The Bertz CT molecular complexity index is 720. The lowest BCUT2D eigenvalue weighted by Gasteiger charge is -2.35. The number of amides is 1. The van der Waals surface area contributed by atoms with Crippen LogP contribution in [0.2, 0.25) is 0 Å². The van der Waals surface area contributed by atoms with E-state index in [1.807, 2.05) is 29.6 Å². The number of carbonyl (C=O) groups excluding carboxylic acids is 1. The van der Waals surface area contributed by atoms with Crippen LogP contribution in [-0.2, 0) is 13.5 Å². The van der Waals surface area contributed by atoms with Crippen molar-refractivity contribution in [2.24, 2.45) is 13.0 Å². The van der Waals surface area contributed by atoms with Gasteiger partial charge in [-0.05, 0) is 12.8 Å². The topological polar surface area (TPSA) is 63.1 Å².